The highest BCUT2D eigenvalue weighted by molar-refractivity contribution is 7.77. The number of rotatable bonds is 11. The van der Waals surface area contributed by atoms with Gasteiger partial charge < -0.3 is 24.2 Å². The van der Waals surface area contributed by atoms with Crippen LogP contribution in [0.15, 0.2) is 66.7 Å². The van der Waals surface area contributed by atoms with E-state index in [4.69, 9.17) is 32.7 Å². The summed E-state index contributed by atoms with van der Waals surface area (Å²) < 4.78 is 36.3. The van der Waals surface area contributed by atoms with Crippen LogP contribution in [0.25, 0.3) is 0 Å². The first-order chi connectivity index (χ1) is 23.3. The molecule has 13 heteroatoms. The molecule has 2 unspecified atom stereocenters. The molecule has 2 N–H and O–H groups in total. The van der Waals surface area contributed by atoms with Crippen LogP contribution in [0.1, 0.15) is 85.5 Å². The first kappa shape index (κ1) is 36.8. The summed E-state index contributed by atoms with van der Waals surface area (Å²) in [4.78, 5) is 42.6. The molecule has 0 radical (unpaired) electrons. The smallest absolute Gasteiger partial charge is 0.344 e. The van der Waals surface area contributed by atoms with Crippen LogP contribution >= 0.6 is 23.2 Å². The number of hydrogen-bond acceptors (Lipinski definition) is 7. The van der Waals surface area contributed by atoms with Gasteiger partial charge in [-0.1, -0.05) is 72.4 Å². The number of esters is 1. The third-order valence-corrected chi connectivity index (χ3v) is 9.76. The molecule has 49 heavy (non-hydrogen) atoms. The summed E-state index contributed by atoms with van der Waals surface area (Å²) in [6.07, 6.45) is 3.11. The Morgan fingerprint density at radius 2 is 1.71 bits per heavy atom. The van der Waals surface area contributed by atoms with E-state index in [1.54, 1.807) is 92.4 Å². The number of hydrogen-bond donors (Lipinski definition) is 2. The topological polar surface area (TPSA) is 137 Å². The van der Waals surface area contributed by atoms with Crippen LogP contribution in [0.4, 0.5) is 0 Å². The molecular weight excluding hydrogens is 689 g/mol. The number of halogens is 2. The van der Waals surface area contributed by atoms with Crippen molar-refractivity contribution in [3.05, 3.63) is 99.0 Å². The molecule has 1 aliphatic carbocycles. The zero-order chi connectivity index (χ0) is 35.3. The summed E-state index contributed by atoms with van der Waals surface area (Å²) in [5, 5.41) is 3.81. The monoisotopic (exact) mass is 728 g/mol. The standard InChI is InChI=1S/C36H41Cl2N3O7S/c1-36(2,3)48-31(42)21-47-25-15-12-22(13-16-25)19-39-34(43)32-26-9-5-6-10-27(26)35(44)41(33(32)28-17-14-24(37)18-29(28)38)30-11-7-4-8-23(30)20-40-49(45)46/h5-6,9-10,12-18,23,30,32-33,40H,4,7-8,11,19-21H2,1-3H3,(H,39,43)(H,45,46)/p-1/t23?,30-,32+,33-/m0/s1. The van der Waals surface area contributed by atoms with Crippen LogP contribution in [0.3, 0.4) is 0 Å². The second-order valence-corrected chi connectivity index (χ2v) is 14.9. The molecule has 0 saturated heterocycles. The zero-order valence-electron chi connectivity index (χ0n) is 27.6. The largest absolute Gasteiger partial charge is 0.760 e. The van der Waals surface area contributed by atoms with Crippen LogP contribution in [0.2, 0.25) is 10.0 Å². The minimum absolute atomic E-state index is 0.168. The van der Waals surface area contributed by atoms with E-state index < -0.39 is 34.8 Å². The fraction of sp³-hybridized carbons (Fsp3) is 0.417. The van der Waals surface area contributed by atoms with Crippen molar-refractivity contribution in [3.8, 4) is 5.75 Å². The molecule has 1 aliphatic heterocycles. The maximum Gasteiger partial charge on any atom is 0.344 e. The Morgan fingerprint density at radius 3 is 2.41 bits per heavy atom. The van der Waals surface area contributed by atoms with Crippen molar-refractivity contribution in [3.63, 3.8) is 0 Å². The lowest BCUT2D eigenvalue weighted by atomic mass is 9.75. The normalized spacial score (nSPS) is 21.4. The van der Waals surface area contributed by atoms with Gasteiger partial charge in [0.25, 0.3) is 5.91 Å². The third kappa shape index (κ3) is 9.20. The quantitative estimate of drug-likeness (QED) is 0.176. The average molecular weight is 730 g/mol. The molecule has 2 amide bonds. The molecule has 1 fully saturated rings. The molecule has 5 rings (SSSR count). The van der Waals surface area contributed by atoms with Crippen molar-refractivity contribution in [2.75, 3.05) is 13.2 Å². The van der Waals surface area contributed by atoms with Gasteiger partial charge in [0, 0.05) is 46.0 Å². The lowest BCUT2D eigenvalue weighted by Crippen LogP contribution is -2.55. The minimum Gasteiger partial charge on any atom is -0.760 e. The second kappa shape index (κ2) is 16.0. The number of fused-ring (bicyclic) bond motifs is 1. The van der Waals surface area contributed by atoms with E-state index in [1.807, 2.05) is 0 Å². The molecule has 3 aromatic rings. The van der Waals surface area contributed by atoms with Crippen molar-refractivity contribution >= 4 is 52.3 Å². The summed E-state index contributed by atoms with van der Waals surface area (Å²) in [5.41, 5.74) is 1.75. The fourth-order valence-corrected chi connectivity index (χ4v) is 7.63. The lowest BCUT2D eigenvalue weighted by Gasteiger charge is -2.49. The van der Waals surface area contributed by atoms with Gasteiger partial charge in [0.1, 0.15) is 11.4 Å². The van der Waals surface area contributed by atoms with E-state index in [0.29, 0.717) is 38.9 Å². The van der Waals surface area contributed by atoms with Crippen LogP contribution in [0, 0.1) is 5.92 Å². The van der Waals surface area contributed by atoms with Gasteiger partial charge in [0.2, 0.25) is 5.91 Å². The first-order valence-electron chi connectivity index (χ1n) is 16.2. The van der Waals surface area contributed by atoms with E-state index in [1.165, 1.54) is 0 Å². The van der Waals surface area contributed by atoms with Crippen LogP contribution in [0.5, 0.6) is 5.75 Å². The van der Waals surface area contributed by atoms with Crippen LogP contribution < -0.4 is 14.8 Å². The average Bonchev–Trinajstić information content (AvgIpc) is 3.05. The van der Waals surface area contributed by atoms with Crippen molar-refractivity contribution in [1.29, 1.82) is 0 Å². The Balaban J connectivity index is 1.44. The van der Waals surface area contributed by atoms with Crippen LogP contribution in [-0.2, 0) is 32.1 Å². The summed E-state index contributed by atoms with van der Waals surface area (Å²) >= 11 is 10.7. The van der Waals surface area contributed by atoms with Gasteiger partial charge in [-0.15, -0.1) is 0 Å². The predicted octanol–water partition coefficient (Wildman–Crippen LogP) is 6.25. The van der Waals surface area contributed by atoms with Gasteiger partial charge in [0.15, 0.2) is 6.61 Å². The Morgan fingerprint density at radius 1 is 1.00 bits per heavy atom. The number of nitrogens with one attached hydrogen (secondary N) is 2. The molecule has 262 valence electrons. The van der Waals surface area contributed by atoms with Gasteiger partial charge in [-0.3, -0.25) is 13.8 Å². The maximum absolute atomic E-state index is 14.4. The lowest BCUT2D eigenvalue weighted by molar-refractivity contribution is -0.157. The summed E-state index contributed by atoms with van der Waals surface area (Å²) in [6, 6.07) is 18.0. The highest BCUT2D eigenvalue weighted by Gasteiger charge is 2.49. The van der Waals surface area contributed by atoms with Gasteiger partial charge in [0.05, 0.1) is 12.0 Å². The van der Waals surface area contributed by atoms with E-state index in [9.17, 15) is 23.1 Å². The molecule has 10 nitrogen and oxygen atoms in total. The van der Waals surface area contributed by atoms with Crippen molar-refractivity contribution in [2.24, 2.45) is 5.92 Å². The Hall–Kier alpha value is -3.48. The highest BCUT2D eigenvalue weighted by Crippen LogP contribution is 2.48. The number of amides is 2. The summed E-state index contributed by atoms with van der Waals surface area (Å²) in [7, 11) is 0. The number of ether oxygens (including phenoxy) is 2. The summed E-state index contributed by atoms with van der Waals surface area (Å²) in [6.45, 7) is 5.48. The van der Waals surface area contributed by atoms with Gasteiger partial charge in [-0.25, -0.2) is 9.52 Å². The summed E-state index contributed by atoms with van der Waals surface area (Å²) in [5.74, 6) is -1.56. The Bertz CT molecular complexity index is 1700. The Kier molecular flexibility index (Phi) is 12.0. The number of nitrogens with zero attached hydrogens (tertiary/aromatic N) is 1. The van der Waals surface area contributed by atoms with Crippen molar-refractivity contribution < 1.29 is 32.6 Å². The van der Waals surface area contributed by atoms with E-state index in [2.05, 4.69) is 10.0 Å². The highest BCUT2D eigenvalue weighted by atomic mass is 35.5. The third-order valence-electron chi connectivity index (χ3n) is 8.80. The molecule has 1 heterocycles. The fourth-order valence-electron chi connectivity index (χ4n) is 6.75. The van der Waals surface area contributed by atoms with E-state index in [0.717, 1.165) is 24.8 Å². The number of carbonyl (C=O) groups excluding carboxylic acids is 3. The van der Waals surface area contributed by atoms with Crippen molar-refractivity contribution in [1.82, 2.24) is 14.9 Å². The predicted molar refractivity (Wildman–Crippen MR) is 187 cm³/mol. The van der Waals surface area contributed by atoms with Crippen LogP contribution in [-0.4, -0.2) is 56.2 Å². The van der Waals surface area contributed by atoms with E-state index in [-0.39, 0.29) is 43.5 Å². The molecule has 1 saturated carbocycles. The number of benzene rings is 3. The molecule has 0 spiro atoms. The van der Waals surface area contributed by atoms with Gasteiger partial charge in [-0.05, 0) is 86.6 Å². The molecule has 0 bridgehead atoms. The SMILES string of the molecule is CC(C)(C)OC(=O)COc1ccc(CNC(=O)[C@@H]2c3ccccc3C(=O)N([C@H]3CCCCC3CNS(=O)[O-])[C@H]2c2ccc(Cl)cc2Cl)cc1. The molecule has 0 aromatic heterocycles. The minimum atomic E-state index is -2.46. The first-order valence-corrected chi connectivity index (χ1v) is 18.1. The maximum atomic E-state index is 14.4. The molecule has 2 aliphatic rings. The zero-order valence-corrected chi connectivity index (χ0v) is 29.9. The Labute approximate surface area is 299 Å². The van der Waals surface area contributed by atoms with Crippen molar-refractivity contribution in [2.45, 2.75) is 76.6 Å². The van der Waals surface area contributed by atoms with Gasteiger partial charge in [-0.2, -0.15) is 0 Å². The molecule has 5 atom stereocenters. The molecule has 3 aromatic carbocycles. The molecular formula is C36H40Cl2N3O7S-. The van der Waals surface area contributed by atoms with Gasteiger partial charge >= 0.3 is 5.97 Å². The second-order valence-electron chi connectivity index (χ2n) is 13.3. The number of carbonyl (C=O) groups is 3. The van der Waals surface area contributed by atoms with E-state index >= 15 is 0 Å².